The molecule has 36 heavy (non-hydrogen) atoms. The molecule has 1 amide bonds. The van der Waals surface area contributed by atoms with E-state index in [2.05, 4.69) is 5.32 Å². The number of alkyl halides is 3. The highest BCUT2D eigenvalue weighted by Crippen LogP contribution is 2.33. The molecule has 5 nitrogen and oxygen atoms in total. The Hall–Kier alpha value is -3.05. The normalized spacial score (nSPS) is 11.8. The highest BCUT2D eigenvalue weighted by atomic mass is 32.2. The van der Waals surface area contributed by atoms with E-state index in [-0.39, 0.29) is 22.9 Å². The molecule has 3 aromatic carbocycles. The van der Waals surface area contributed by atoms with E-state index in [1.165, 1.54) is 42.5 Å². The second kappa shape index (κ2) is 12.3. The van der Waals surface area contributed by atoms with Gasteiger partial charge in [-0.2, -0.15) is 24.9 Å². The Labute approximate surface area is 211 Å². The third kappa shape index (κ3) is 7.72. The average Bonchev–Trinajstić information content (AvgIpc) is 2.85. The summed E-state index contributed by atoms with van der Waals surface area (Å²) in [4.78, 5) is 12.4. The van der Waals surface area contributed by atoms with Gasteiger partial charge in [-0.05, 0) is 60.2 Å². The number of carbonyl (C=O) groups is 1. The van der Waals surface area contributed by atoms with Crippen LogP contribution in [0.1, 0.15) is 17.5 Å². The summed E-state index contributed by atoms with van der Waals surface area (Å²) in [5.41, 5.74) is -0.321. The summed E-state index contributed by atoms with van der Waals surface area (Å²) in [5, 5.41) is 2.63. The number of anilines is 1. The summed E-state index contributed by atoms with van der Waals surface area (Å²) >= 11 is 1.59. The van der Waals surface area contributed by atoms with Gasteiger partial charge >= 0.3 is 6.18 Å². The Morgan fingerprint density at radius 1 is 0.944 bits per heavy atom. The monoisotopic (exact) mass is 540 g/mol. The summed E-state index contributed by atoms with van der Waals surface area (Å²) in [5.74, 6) is 0.417. The smallest absolute Gasteiger partial charge is 0.354 e. The van der Waals surface area contributed by atoms with Crippen LogP contribution in [0.5, 0.6) is 0 Å². The molecule has 0 radical (unpaired) electrons. The van der Waals surface area contributed by atoms with Crippen LogP contribution in [0.4, 0.5) is 23.2 Å². The van der Waals surface area contributed by atoms with Gasteiger partial charge in [-0.3, -0.25) is 9.10 Å². The number of benzene rings is 3. The molecular weight excluding hydrogens is 516 g/mol. The highest BCUT2D eigenvalue weighted by Gasteiger charge is 2.33. The summed E-state index contributed by atoms with van der Waals surface area (Å²) in [7, 11) is -4.31. The van der Waals surface area contributed by atoms with Crippen LogP contribution in [-0.4, -0.2) is 33.2 Å². The van der Waals surface area contributed by atoms with Gasteiger partial charge in [-0.15, -0.1) is 0 Å². The van der Waals surface area contributed by atoms with E-state index in [0.29, 0.717) is 28.3 Å². The fourth-order valence-electron chi connectivity index (χ4n) is 3.23. The lowest BCUT2D eigenvalue weighted by molar-refractivity contribution is -0.137. The van der Waals surface area contributed by atoms with E-state index < -0.39 is 34.2 Å². The Kier molecular flexibility index (Phi) is 9.38. The van der Waals surface area contributed by atoms with E-state index in [9.17, 15) is 30.8 Å². The molecule has 0 fully saturated rings. The van der Waals surface area contributed by atoms with Crippen molar-refractivity contribution in [3.8, 4) is 0 Å². The molecule has 0 bridgehead atoms. The van der Waals surface area contributed by atoms with Crippen LogP contribution in [0, 0.1) is 5.82 Å². The summed E-state index contributed by atoms with van der Waals surface area (Å²) in [6.45, 7) is -0.418. The molecule has 1 N–H and O–H groups in total. The van der Waals surface area contributed by atoms with E-state index in [1.54, 1.807) is 30.0 Å². The van der Waals surface area contributed by atoms with Crippen molar-refractivity contribution in [2.75, 3.05) is 23.1 Å². The van der Waals surface area contributed by atoms with Gasteiger partial charge in [0.1, 0.15) is 12.4 Å². The van der Waals surface area contributed by atoms with Gasteiger partial charge < -0.3 is 5.32 Å². The molecule has 0 spiro atoms. The summed E-state index contributed by atoms with van der Waals surface area (Å²) < 4.78 is 79.8. The zero-order chi connectivity index (χ0) is 26.2. The maximum Gasteiger partial charge on any atom is 0.416 e. The largest absolute Gasteiger partial charge is 0.416 e. The molecule has 0 heterocycles. The number of amides is 1. The number of thioether (sulfide) groups is 1. The van der Waals surface area contributed by atoms with Crippen molar-refractivity contribution >= 4 is 33.4 Å². The number of rotatable bonds is 11. The van der Waals surface area contributed by atoms with Crippen LogP contribution < -0.4 is 9.62 Å². The van der Waals surface area contributed by atoms with E-state index >= 15 is 0 Å². The molecule has 0 atom stereocenters. The van der Waals surface area contributed by atoms with Crippen molar-refractivity contribution in [3.05, 3.63) is 95.8 Å². The average molecular weight is 541 g/mol. The zero-order valence-electron chi connectivity index (χ0n) is 19.0. The molecule has 0 aliphatic carbocycles. The van der Waals surface area contributed by atoms with Crippen LogP contribution in [0.15, 0.2) is 83.8 Å². The van der Waals surface area contributed by atoms with Gasteiger partial charge in [-0.25, -0.2) is 12.8 Å². The third-order valence-corrected chi connectivity index (χ3v) is 7.95. The minimum absolute atomic E-state index is 0.146. The number of halogens is 4. The molecule has 0 unspecified atom stereocenters. The van der Waals surface area contributed by atoms with Crippen molar-refractivity contribution in [3.63, 3.8) is 0 Å². The van der Waals surface area contributed by atoms with Crippen molar-refractivity contribution in [2.45, 2.75) is 23.2 Å². The van der Waals surface area contributed by atoms with Gasteiger partial charge in [0.05, 0.1) is 16.1 Å². The van der Waals surface area contributed by atoms with E-state index in [1.807, 2.05) is 0 Å². The molecule has 3 rings (SSSR count). The Balaban J connectivity index is 1.64. The molecule has 192 valence electrons. The predicted octanol–water partition coefficient (Wildman–Crippen LogP) is 5.48. The van der Waals surface area contributed by atoms with Gasteiger partial charge in [-0.1, -0.05) is 36.4 Å². The minimum atomic E-state index is -4.67. The molecule has 0 saturated heterocycles. The van der Waals surface area contributed by atoms with Crippen LogP contribution >= 0.6 is 11.8 Å². The highest BCUT2D eigenvalue weighted by molar-refractivity contribution is 7.98. The molecule has 0 aliphatic heterocycles. The van der Waals surface area contributed by atoms with Gasteiger partial charge in [0.2, 0.25) is 5.91 Å². The maximum atomic E-state index is 13.2. The van der Waals surface area contributed by atoms with Gasteiger partial charge in [0.15, 0.2) is 0 Å². The van der Waals surface area contributed by atoms with E-state index in [4.69, 9.17) is 0 Å². The second-order valence-corrected chi connectivity index (χ2v) is 10.7. The SMILES string of the molecule is O=C(CN(c1cccc(C(F)(F)F)c1)S(=O)(=O)c1ccccc1)NCCCSCc1ccc(F)cc1. The fraction of sp³-hybridized carbons (Fsp3) is 0.240. The number of carbonyl (C=O) groups excluding carboxylic acids is 1. The van der Waals surface area contributed by atoms with Crippen LogP contribution in [0.25, 0.3) is 0 Å². The molecule has 0 aromatic heterocycles. The predicted molar refractivity (Wildman–Crippen MR) is 133 cm³/mol. The number of hydrogen-bond acceptors (Lipinski definition) is 4. The van der Waals surface area contributed by atoms with Crippen LogP contribution in [0.2, 0.25) is 0 Å². The Bertz CT molecular complexity index is 1250. The van der Waals surface area contributed by atoms with Crippen molar-refractivity contribution in [1.29, 1.82) is 0 Å². The summed E-state index contributed by atoms with van der Waals surface area (Å²) in [6.07, 6.45) is -4.08. The minimum Gasteiger partial charge on any atom is -0.354 e. The second-order valence-electron chi connectivity index (χ2n) is 7.76. The summed E-state index contributed by atoms with van der Waals surface area (Å²) in [6, 6.07) is 17.2. The first-order valence-electron chi connectivity index (χ1n) is 10.9. The number of hydrogen-bond donors (Lipinski definition) is 1. The van der Waals surface area contributed by atoms with E-state index in [0.717, 1.165) is 17.7 Å². The number of nitrogens with one attached hydrogen (secondary N) is 1. The van der Waals surface area contributed by atoms with Crippen LogP contribution in [0.3, 0.4) is 0 Å². The van der Waals surface area contributed by atoms with Crippen molar-refractivity contribution in [1.82, 2.24) is 5.32 Å². The molecule has 11 heteroatoms. The van der Waals surface area contributed by atoms with Gasteiger partial charge in [0, 0.05) is 12.3 Å². The topological polar surface area (TPSA) is 66.5 Å². The third-order valence-electron chi connectivity index (χ3n) is 5.05. The van der Waals surface area contributed by atoms with Crippen molar-refractivity contribution in [2.24, 2.45) is 0 Å². The Morgan fingerprint density at radius 2 is 1.64 bits per heavy atom. The quantitative estimate of drug-likeness (QED) is 0.258. The standard InChI is InChI=1S/C25H24F4N2O3S2/c26-21-12-10-19(11-13-21)18-35-15-5-14-30-24(32)17-31(36(33,34)23-8-2-1-3-9-23)22-7-4-6-20(16-22)25(27,28)29/h1-4,6-13,16H,5,14-15,17-18H2,(H,30,32). The molecular formula is C25H24F4N2O3S2. The number of nitrogens with zero attached hydrogens (tertiary/aromatic N) is 1. The molecule has 3 aromatic rings. The first-order valence-corrected chi connectivity index (χ1v) is 13.5. The fourth-order valence-corrected chi connectivity index (χ4v) is 5.59. The van der Waals surface area contributed by atoms with Crippen molar-refractivity contribution < 1.29 is 30.8 Å². The lowest BCUT2D eigenvalue weighted by Gasteiger charge is -2.25. The zero-order valence-corrected chi connectivity index (χ0v) is 20.7. The number of sulfonamides is 1. The molecule has 0 aliphatic rings. The maximum absolute atomic E-state index is 13.2. The van der Waals surface area contributed by atoms with Crippen LogP contribution in [-0.2, 0) is 26.7 Å². The Morgan fingerprint density at radius 3 is 2.31 bits per heavy atom. The lowest BCUT2D eigenvalue weighted by Crippen LogP contribution is -2.41. The van der Waals surface area contributed by atoms with Gasteiger partial charge in [0.25, 0.3) is 10.0 Å². The lowest BCUT2D eigenvalue weighted by atomic mass is 10.2. The first kappa shape index (κ1) is 27.5. The molecule has 0 saturated carbocycles. The first-order chi connectivity index (χ1) is 17.1.